The second-order valence-corrected chi connectivity index (χ2v) is 4.13. The lowest BCUT2D eigenvalue weighted by Gasteiger charge is -2.33. The molecule has 16 heavy (non-hydrogen) atoms. The molecule has 0 spiro atoms. The lowest BCUT2D eigenvalue weighted by atomic mass is 10.2. The van der Waals surface area contributed by atoms with Crippen LogP contribution in [0.2, 0.25) is 0 Å². The zero-order valence-electron chi connectivity index (χ0n) is 9.02. The summed E-state index contributed by atoms with van der Waals surface area (Å²) in [6, 6.07) is -0.352. The molecule has 88 valence electrons. The van der Waals surface area contributed by atoms with Crippen molar-refractivity contribution in [3.05, 3.63) is 0 Å². The summed E-state index contributed by atoms with van der Waals surface area (Å²) >= 11 is 0. The molecule has 0 aromatic rings. The lowest BCUT2D eigenvalue weighted by molar-refractivity contribution is -0.137. The molecule has 2 aliphatic heterocycles. The van der Waals surface area contributed by atoms with Crippen molar-refractivity contribution in [2.24, 2.45) is 0 Å². The van der Waals surface area contributed by atoms with Crippen molar-refractivity contribution in [1.29, 1.82) is 0 Å². The second-order valence-electron chi connectivity index (χ2n) is 4.13. The molecule has 0 radical (unpaired) electrons. The summed E-state index contributed by atoms with van der Waals surface area (Å²) in [6.07, 6.45) is 1.83. The molecule has 2 fully saturated rings. The van der Waals surface area contributed by atoms with E-state index in [2.05, 4.69) is 5.32 Å². The SMILES string of the molecule is O=CN1CCN(C(=O)C2CCC(=O)N2)CC1. The van der Waals surface area contributed by atoms with Gasteiger partial charge in [0.05, 0.1) is 0 Å². The van der Waals surface area contributed by atoms with Crippen molar-refractivity contribution in [2.45, 2.75) is 18.9 Å². The van der Waals surface area contributed by atoms with E-state index in [1.165, 1.54) is 0 Å². The van der Waals surface area contributed by atoms with Crippen LogP contribution in [0.1, 0.15) is 12.8 Å². The van der Waals surface area contributed by atoms with Crippen molar-refractivity contribution >= 4 is 18.2 Å². The Hall–Kier alpha value is -1.59. The Bertz CT molecular complexity index is 310. The third-order valence-corrected chi connectivity index (χ3v) is 3.07. The third-order valence-electron chi connectivity index (χ3n) is 3.07. The minimum absolute atomic E-state index is 0.0172. The van der Waals surface area contributed by atoms with E-state index in [9.17, 15) is 14.4 Å². The van der Waals surface area contributed by atoms with E-state index in [0.29, 0.717) is 39.0 Å². The number of amides is 3. The van der Waals surface area contributed by atoms with Gasteiger partial charge in [-0.1, -0.05) is 0 Å². The van der Waals surface area contributed by atoms with Crippen LogP contribution in [-0.4, -0.2) is 60.2 Å². The summed E-state index contributed by atoms with van der Waals surface area (Å²) in [5.41, 5.74) is 0. The monoisotopic (exact) mass is 225 g/mol. The highest BCUT2D eigenvalue weighted by Crippen LogP contribution is 2.11. The minimum Gasteiger partial charge on any atom is -0.344 e. The molecule has 0 aromatic heterocycles. The number of carbonyl (C=O) groups excluding carboxylic acids is 3. The number of rotatable bonds is 2. The number of piperazine rings is 1. The first kappa shape index (κ1) is 10.9. The van der Waals surface area contributed by atoms with Gasteiger partial charge in [-0.15, -0.1) is 0 Å². The van der Waals surface area contributed by atoms with Gasteiger partial charge < -0.3 is 15.1 Å². The lowest BCUT2D eigenvalue weighted by Crippen LogP contribution is -2.52. The summed E-state index contributed by atoms with van der Waals surface area (Å²) in [4.78, 5) is 36.8. The van der Waals surface area contributed by atoms with Crippen LogP contribution in [0.15, 0.2) is 0 Å². The fraction of sp³-hybridized carbons (Fsp3) is 0.700. The summed E-state index contributed by atoms with van der Waals surface area (Å²) in [6.45, 7) is 2.28. The van der Waals surface area contributed by atoms with Gasteiger partial charge in [0, 0.05) is 32.6 Å². The van der Waals surface area contributed by atoms with Crippen LogP contribution >= 0.6 is 0 Å². The zero-order chi connectivity index (χ0) is 11.5. The minimum atomic E-state index is -0.352. The molecular weight excluding hydrogens is 210 g/mol. The van der Waals surface area contributed by atoms with Crippen molar-refractivity contribution in [3.8, 4) is 0 Å². The molecular formula is C10H15N3O3. The molecule has 1 unspecified atom stereocenters. The molecule has 2 aliphatic rings. The molecule has 3 amide bonds. The first-order chi connectivity index (χ1) is 7.70. The van der Waals surface area contributed by atoms with Crippen LogP contribution < -0.4 is 5.32 Å². The molecule has 1 atom stereocenters. The average molecular weight is 225 g/mol. The van der Waals surface area contributed by atoms with Crippen LogP contribution in [0.4, 0.5) is 0 Å². The molecule has 0 saturated carbocycles. The summed E-state index contributed by atoms with van der Waals surface area (Å²) in [7, 11) is 0. The Morgan fingerprint density at radius 1 is 1.31 bits per heavy atom. The fourth-order valence-corrected chi connectivity index (χ4v) is 2.07. The molecule has 0 aromatic carbocycles. The maximum absolute atomic E-state index is 11.9. The highest BCUT2D eigenvalue weighted by molar-refractivity contribution is 5.90. The molecule has 6 nitrogen and oxygen atoms in total. The van der Waals surface area contributed by atoms with Crippen LogP contribution in [0, 0.1) is 0 Å². The van der Waals surface area contributed by atoms with Gasteiger partial charge in [-0.2, -0.15) is 0 Å². The quantitative estimate of drug-likeness (QED) is 0.585. The van der Waals surface area contributed by atoms with Crippen molar-refractivity contribution < 1.29 is 14.4 Å². The maximum Gasteiger partial charge on any atom is 0.245 e. The smallest absolute Gasteiger partial charge is 0.245 e. The van der Waals surface area contributed by atoms with E-state index in [1.807, 2.05) is 0 Å². The molecule has 1 N–H and O–H groups in total. The van der Waals surface area contributed by atoms with E-state index in [4.69, 9.17) is 0 Å². The standard InChI is InChI=1S/C10H15N3O3/c14-7-12-3-5-13(6-4-12)10(16)8-1-2-9(15)11-8/h7-8H,1-6H2,(H,11,15). The van der Waals surface area contributed by atoms with Gasteiger partial charge >= 0.3 is 0 Å². The number of hydrogen-bond acceptors (Lipinski definition) is 3. The van der Waals surface area contributed by atoms with Crippen LogP contribution in [-0.2, 0) is 14.4 Å². The van der Waals surface area contributed by atoms with E-state index in [-0.39, 0.29) is 17.9 Å². The maximum atomic E-state index is 11.9. The molecule has 6 heteroatoms. The summed E-state index contributed by atoms with van der Waals surface area (Å²) in [5, 5.41) is 2.66. The second kappa shape index (κ2) is 4.51. The van der Waals surface area contributed by atoms with Crippen LogP contribution in [0.25, 0.3) is 0 Å². The predicted molar refractivity (Wildman–Crippen MR) is 55.4 cm³/mol. The van der Waals surface area contributed by atoms with Gasteiger partial charge in [-0.25, -0.2) is 0 Å². The third kappa shape index (κ3) is 2.15. The largest absolute Gasteiger partial charge is 0.344 e. The van der Waals surface area contributed by atoms with Gasteiger partial charge in [-0.3, -0.25) is 14.4 Å². The first-order valence-corrected chi connectivity index (χ1v) is 5.48. The van der Waals surface area contributed by atoms with Gasteiger partial charge in [-0.05, 0) is 6.42 Å². The Morgan fingerprint density at radius 3 is 2.50 bits per heavy atom. The van der Waals surface area contributed by atoms with Gasteiger partial charge in [0.2, 0.25) is 18.2 Å². The van der Waals surface area contributed by atoms with E-state index in [1.54, 1.807) is 9.80 Å². The van der Waals surface area contributed by atoms with Gasteiger partial charge in [0.25, 0.3) is 0 Å². The molecule has 0 aliphatic carbocycles. The highest BCUT2D eigenvalue weighted by Gasteiger charge is 2.31. The van der Waals surface area contributed by atoms with Crippen LogP contribution in [0.3, 0.4) is 0 Å². The molecule has 0 bridgehead atoms. The van der Waals surface area contributed by atoms with E-state index < -0.39 is 0 Å². The topological polar surface area (TPSA) is 69.7 Å². The number of nitrogens with one attached hydrogen (secondary N) is 1. The zero-order valence-corrected chi connectivity index (χ0v) is 9.02. The molecule has 2 heterocycles. The average Bonchev–Trinajstić information content (AvgIpc) is 2.75. The van der Waals surface area contributed by atoms with Crippen molar-refractivity contribution in [1.82, 2.24) is 15.1 Å². The Balaban J connectivity index is 1.86. The molecule has 2 saturated heterocycles. The number of carbonyl (C=O) groups is 3. The Morgan fingerprint density at radius 2 is 2.00 bits per heavy atom. The normalized spacial score (nSPS) is 25.5. The first-order valence-electron chi connectivity index (χ1n) is 5.48. The summed E-state index contributed by atoms with van der Waals surface area (Å²) in [5.74, 6) is -0.0683. The Kier molecular flexibility index (Phi) is 3.07. The van der Waals surface area contributed by atoms with Gasteiger partial charge in [0.1, 0.15) is 6.04 Å². The summed E-state index contributed by atoms with van der Waals surface area (Å²) < 4.78 is 0. The molecule has 2 rings (SSSR count). The van der Waals surface area contributed by atoms with Crippen LogP contribution in [0.5, 0.6) is 0 Å². The predicted octanol–water partition coefficient (Wildman–Crippen LogP) is -1.43. The van der Waals surface area contributed by atoms with Gasteiger partial charge in [0.15, 0.2) is 0 Å². The van der Waals surface area contributed by atoms with Crippen molar-refractivity contribution in [3.63, 3.8) is 0 Å². The van der Waals surface area contributed by atoms with E-state index in [0.717, 1.165) is 6.41 Å². The number of hydrogen-bond donors (Lipinski definition) is 1. The fourth-order valence-electron chi connectivity index (χ4n) is 2.07. The van der Waals surface area contributed by atoms with Crippen molar-refractivity contribution in [2.75, 3.05) is 26.2 Å². The number of nitrogens with zero attached hydrogens (tertiary/aromatic N) is 2. The highest BCUT2D eigenvalue weighted by atomic mass is 16.2. The Labute approximate surface area is 93.6 Å². The van der Waals surface area contributed by atoms with E-state index >= 15 is 0 Å².